The van der Waals surface area contributed by atoms with Crippen LogP contribution < -0.4 is 10.2 Å². The lowest BCUT2D eigenvalue weighted by molar-refractivity contribution is 0.306. The van der Waals surface area contributed by atoms with Crippen LogP contribution in [0.1, 0.15) is 45.3 Å². The quantitative estimate of drug-likeness (QED) is 0.292. The predicted molar refractivity (Wildman–Crippen MR) is 89.9 cm³/mol. The van der Waals surface area contributed by atoms with Gasteiger partial charge in [-0.25, -0.2) is 4.31 Å². The molecule has 6 nitrogen and oxygen atoms in total. The molecule has 0 fully saturated rings. The molecule has 0 spiro atoms. The van der Waals surface area contributed by atoms with E-state index in [1.807, 2.05) is 13.8 Å². The zero-order valence-corrected chi connectivity index (χ0v) is 14.5. The summed E-state index contributed by atoms with van der Waals surface area (Å²) in [5.41, 5.74) is 1.05. The van der Waals surface area contributed by atoms with E-state index in [1.54, 1.807) is 6.07 Å². The topological polar surface area (TPSA) is 75.1 Å². The van der Waals surface area contributed by atoms with Crippen LogP contribution in [-0.2, 0) is 4.18 Å². The normalized spacial score (nSPS) is 12.5. The minimum Gasteiger partial charge on any atom is -0.496 e. The SMILES string of the molecule is CCCCOSN(CC)C(C)c1cc(B(O)O)c(OC)cn1. The third-order valence-corrected chi connectivity index (χ3v) is 4.36. The van der Waals surface area contributed by atoms with E-state index >= 15 is 0 Å². The molecule has 1 unspecified atom stereocenters. The summed E-state index contributed by atoms with van der Waals surface area (Å²) < 4.78 is 12.7. The van der Waals surface area contributed by atoms with Crippen LogP contribution in [0, 0.1) is 0 Å². The van der Waals surface area contributed by atoms with E-state index in [4.69, 9.17) is 8.92 Å². The number of ether oxygens (including phenoxy) is 1. The van der Waals surface area contributed by atoms with Gasteiger partial charge < -0.3 is 19.0 Å². The molecule has 124 valence electrons. The molecular weight excluding hydrogens is 303 g/mol. The Labute approximate surface area is 137 Å². The van der Waals surface area contributed by atoms with E-state index in [0.29, 0.717) is 17.8 Å². The zero-order chi connectivity index (χ0) is 16.5. The van der Waals surface area contributed by atoms with Gasteiger partial charge in [-0.1, -0.05) is 20.3 Å². The molecule has 0 amide bonds. The number of rotatable bonds is 10. The molecule has 0 aromatic carbocycles. The summed E-state index contributed by atoms with van der Waals surface area (Å²) in [6, 6.07) is 1.63. The monoisotopic (exact) mass is 328 g/mol. The highest BCUT2D eigenvalue weighted by Crippen LogP contribution is 2.26. The van der Waals surface area contributed by atoms with Crippen molar-refractivity contribution < 1.29 is 19.0 Å². The zero-order valence-electron chi connectivity index (χ0n) is 13.7. The highest BCUT2D eigenvalue weighted by molar-refractivity contribution is 7.92. The van der Waals surface area contributed by atoms with Crippen LogP contribution >= 0.6 is 12.2 Å². The first kappa shape index (κ1) is 19.3. The van der Waals surface area contributed by atoms with Gasteiger partial charge in [0.05, 0.1) is 43.9 Å². The van der Waals surface area contributed by atoms with Crippen LogP contribution in [0.5, 0.6) is 5.75 Å². The van der Waals surface area contributed by atoms with E-state index in [2.05, 4.69) is 16.2 Å². The summed E-state index contributed by atoms with van der Waals surface area (Å²) in [7, 11) is -0.116. The van der Waals surface area contributed by atoms with Gasteiger partial charge in [-0.2, -0.15) is 0 Å². The van der Waals surface area contributed by atoms with Gasteiger partial charge in [0.15, 0.2) is 0 Å². The average molecular weight is 328 g/mol. The first-order chi connectivity index (χ1) is 10.5. The van der Waals surface area contributed by atoms with Crippen LogP contribution in [-0.4, -0.2) is 46.7 Å². The summed E-state index contributed by atoms with van der Waals surface area (Å²) in [6.45, 7) is 7.65. The Bertz CT molecular complexity index is 451. The summed E-state index contributed by atoms with van der Waals surface area (Å²) >= 11 is 1.33. The van der Waals surface area contributed by atoms with Gasteiger partial charge in [-0.05, 0) is 19.4 Å². The Morgan fingerprint density at radius 1 is 1.41 bits per heavy atom. The lowest BCUT2D eigenvalue weighted by Gasteiger charge is -2.25. The fraction of sp³-hybridized carbons (Fsp3) is 0.643. The standard InChI is InChI=1S/C14H25BN2O4S/c1-5-7-8-21-22-17(6-2)11(3)13-9-12(15(18)19)14(20-4)10-16-13/h9-11,18-19H,5-8H2,1-4H3. The Kier molecular flexibility index (Phi) is 8.81. The number of pyridine rings is 1. The van der Waals surface area contributed by atoms with E-state index in [1.165, 1.54) is 25.5 Å². The maximum Gasteiger partial charge on any atom is 0.492 e. The molecule has 8 heteroatoms. The molecule has 0 saturated carbocycles. The van der Waals surface area contributed by atoms with Crippen molar-refractivity contribution >= 4 is 24.8 Å². The third-order valence-electron chi connectivity index (χ3n) is 3.32. The first-order valence-corrected chi connectivity index (χ1v) is 8.21. The Morgan fingerprint density at radius 3 is 2.68 bits per heavy atom. The molecule has 1 heterocycles. The fourth-order valence-corrected chi connectivity index (χ4v) is 2.59. The summed E-state index contributed by atoms with van der Waals surface area (Å²) in [5.74, 6) is 0.362. The van der Waals surface area contributed by atoms with Crippen LogP contribution in [0.3, 0.4) is 0 Å². The Hall–Kier alpha value is -0.795. The van der Waals surface area contributed by atoms with Crippen molar-refractivity contribution in [3.05, 3.63) is 18.0 Å². The highest BCUT2D eigenvalue weighted by Gasteiger charge is 2.22. The van der Waals surface area contributed by atoms with Gasteiger partial charge in [0.1, 0.15) is 5.75 Å². The number of hydrogen-bond acceptors (Lipinski definition) is 7. The van der Waals surface area contributed by atoms with Crippen molar-refractivity contribution in [2.45, 2.75) is 39.7 Å². The highest BCUT2D eigenvalue weighted by atomic mass is 32.2. The number of hydrogen-bond donors (Lipinski definition) is 2. The van der Waals surface area contributed by atoms with Crippen LogP contribution in [0.2, 0.25) is 0 Å². The molecule has 1 aromatic heterocycles. The number of aromatic nitrogens is 1. The average Bonchev–Trinajstić information content (AvgIpc) is 2.53. The Morgan fingerprint density at radius 2 is 2.14 bits per heavy atom. The lowest BCUT2D eigenvalue weighted by atomic mass is 9.79. The minimum atomic E-state index is -1.59. The van der Waals surface area contributed by atoms with Crippen LogP contribution in [0.15, 0.2) is 12.3 Å². The molecule has 1 rings (SSSR count). The van der Waals surface area contributed by atoms with Gasteiger partial charge in [-0.15, -0.1) is 0 Å². The van der Waals surface area contributed by atoms with E-state index in [0.717, 1.165) is 25.1 Å². The minimum absolute atomic E-state index is 0.0277. The van der Waals surface area contributed by atoms with E-state index in [9.17, 15) is 10.0 Å². The molecule has 2 N–H and O–H groups in total. The molecule has 0 aliphatic carbocycles. The second-order valence-electron chi connectivity index (χ2n) is 4.88. The molecule has 22 heavy (non-hydrogen) atoms. The predicted octanol–water partition coefficient (Wildman–Crippen LogP) is 1.53. The molecule has 1 aromatic rings. The maximum atomic E-state index is 9.44. The van der Waals surface area contributed by atoms with Gasteiger partial charge in [0, 0.05) is 12.0 Å². The number of methoxy groups -OCH3 is 1. The lowest BCUT2D eigenvalue weighted by Crippen LogP contribution is -2.33. The Balaban J connectivity index is 2.81. The molecule has 0 saturated heterocycles. The van der Waals surface area contributed by atoms with Gasteiger partial charge >= 0.3 is 7.12 Å². The molecular formula is C14H25BN2O4S. The second-order valence-corrected chi connectivity index (χ2v) is 5.74. The van der Waals surface area contributed by atoms with Crippen molar-refractivity contribution in [3.8, 4) is 5.75 Å². The largest absolute Gasteiger partial charge is 0.496 e. The number of unbranched alkanes of at least 4 members (excludes halogenated alkanes) is 1. The van der Waals surface area contributed by atoms with Crippen LogP contribution in [0.25, 0.3) is 0 Å². The van der Waals surface area contributed by atoms with Gasteiger partial charge in [0.2, 0.25) is 0 Å². The van der Waals surface area contributed by atoms with Crippen LogP contribution in [0.4, 0.5) is 0 Å². The summed E-state index contributed by atoms with van der Waals surface area (Å²) in [5, 5.41) is 18.9. The van der Waals surface area contributed by atoms with Gasteiger partial charge in [0.25, 0.3) is 0 Å². The second kappa shape index (κ2) is 10.1. The van der Waals surface area contributed by atoms with Crippen molar-refractivity contribution in [2.24, 2.45) is 0 Å². The number of nitrogens with zero attached hydrogens (tertiary/aromatic N) is 2. The third kappa shape index (κ3) is 5.44. The molecule has 1 atom stereocenters. The molecule has 0 radical (unpaired) electrons. The van der Waals surface area contributed by atoms with Crippen molar-refractivity contribution in [1.29, 1.82) is 0 Å². The summed E-state index contributed by atoms with van der Waals surface area (Å²) in [6.07, 6.45) is 3.64. The molecule has 0 bridgehead atoms. The molecule has 0 aliphatic heterocycles. The van der Waals surface area contributed by atoms with Crippen molar-refractivity contribution in [2.75, 3.05) is 20.3 Å². The smallest absolute Gasteiger partial charge is 0.492 e. The van der Waals surface area contributed by atoms with Crippen molar-refractivity contribution in [3.63, 3.8) is 0 Å². The first-order valence-electron chi connectivity index (χ1n) is 7.51. The molecule has 0 aliphatic rings. The summed E-state index contributed by atoms with van der Waals surface area (Å²) in [4.78, 5) is 4.35. The van der Waals surface area contributed by atoms with E-state index in [-0.39, 0.29) is 6.04 Å². The van der Waals surface area contributed by atoms with Gasteiger partial charge in [-0.3, -0.25) is 4.98 Å². The maximum absolute atomic E-state index is 9.44. The fourth-order valence-electron chi connectivity index (χ4n) is 1.92. The van der Waals surface area contributed by atoms with E-state index < -0.39 is 7.12 Å². The van der Waals surface area contributed by atoms with Crippen molar-refractivity contribution in [1.82, 2.24) is 9.29 Å².